The number of hydrogen-bond acceptors (Lipinski definition) is 2. The van der Waals surface area contributed by atoms with Crippen LogP contribution in [0.5, 0.6) is 0 Å². The van der Waals surface area contributed by atoms with Crippen molar-refractivity contribution >= 4 is 0 Å². The first kappa shape index (κ1) is 14.3. The number of unbranched alkanes of at least 4 members (excludes halogenated alkanes) is 1. The largest absolute Gasteiger partial charge is 0.349 e. The molecular formula is C15H30NO2+. The van der Waals surface area contributed by atoms with E-state index in [0.717, 1.165) is 13.2 Å². The second-order valence-corrected chi connectivity index (χ2v) is 5.93. The van der Waals surface area contributed by atoms with E-state index in [-0.39, 0.29) is 6.29 Å². The van der Waals surface area contributed by atoms with Crippen LogP contribution >= 0.6 is 0 Å². The van der Waals surface area contributed by atoms with Gasteiger partial charge in [-0.05, 0) is 12.8 Å². The quantitative estimate of drug-likeness (QED) is 0.748. The molecule has 106 valence electrons. The highest BCUT2D eigenvalue weighted by molar-refractivity contribution is 4.71. The van der Waals surface area contributed by atoms with Gasteiger partial charge in [-0.3, -0.25) is 0 Å². The average Bonchev–Trinajstić information content (AvgIpc) is 3.03. The minimum atomic E-state index is 0.0774. The molecule has 0 unspecified atom stereocenters. The van der Waals surface area contributed by atoms with Crippen LogP contribution in [0.1, 0.15) is 52.4 Å². The molecule has 18 heavy (non-hydrogen) atoms. The van der Waals surface area contributed by atoms with E-state index in [1.165, 1.54) is 51.6 Å². The molecule has 3 heteroatoms. The summed E-state index contributed by atoms with van der Waals surface area (Å²) in [5, 5.41) is 0. The van der Waals surface area contributed by atoms with Crippen molar-refractivity contribution in [2.45, 2.75) is 64.8 Å². The van der Waals surface area contributed by atoms with Gasteiger partial charge >= 0.3 is 0 Å². The lowest BCUT2D eigenvalue weighted by Crippen LogP contribution is -3.11. The van der Waals surface area contributed by atoms with Gasteiger partial charge in [-0.1, -0.05) is 26.7 Å². The van der Waals surface area contributed by atoms with Gasteiger partial charge in [-0.25, -0.2) is 0 Å². The monoisotopic (exact) mass is 256 g/mol. The Labute approximate surface area is 112 Å². The Morgan fingerprint density at radius 1 is 1.22 bits per heavy atom. The van der Waals surface area contributed by atoms with Gasteiger partial charge < -0.3 is 14.4 Å². The average molecular weight is 256 g/mol. The Morgan fingerprint density at radius 3 is 2.67 bits per heavy atom. The molecule has 2 heterocycles. The second-order valence-electron chi connectivity index (χ2n) is 5.93. The Morgan fingerprint density at radius 2 is 2.00 bits per heavy atom. The maximum Gasteiger partial charge on any atom is 0.161 e. The molecule has 0 bridgehead atoms. The van der Waals surface area contributed by atoms with Crippen molar-refractivity contribution in [2.24, 2.45) is 5.92 Å². The Balaban J connectivity index is 1.72. The topological polar surface area (TPSA) is 22.9 Å². The lowest BCUT2D eigenvalue weighted by atomic mass is 9.99. The van der Waals surface area contributed by atoms with E-state index in [1.54, 1.807) is 4.90 Å². The summed E-state index contributed by atoms with van der Waals surface area (Å²) in [7, 11) is 0. The van der Waals surface area contributed by atoms with E-state index < -0.39 is 0 Å². The maximum absolute atomic E-state index is 6.13. The summed E-state index contributed by atoms with van der Waals surface area (Å²) in [4.78, 5) is 1.71. The van der Waals surface area contributed by atoms with Crippen molar-refractivity contribution in [3.8, 4) is 0 Å². The van der Waals surface area contributed by atoms with Gasteiger partial charge in [0, 0.05) is 18.8 Å². The summed E-state index contributed by atoms with van der Waals surface area (Å²) in [5.41, 5.74) is 0. The first-order valence-corrected chi connectivity index (χ1v) is 7.94. The lowest BCUT2D eigenvalue weighted by molar-refractivity contribution is -0.890. The molecular weight excluding hydrogens is 226 g/mol. The first-order chi connectivity index (χ1) is 8.83. The zero-order valence-corrected chi connectivity index (χ0v) is 12.1. The van der Waals surface area contributed by atoms with Gasteiger partial charge in [0.1, 0.15) is 12.6 Å². The SMILES string of the molecule is CCCC[C@@H](CC)[C@H]1OC[C@H](C[NH+]2CCCC2)O1. The fourth-order valence-corrected chi connectivity index (χ4v) is 3.22. The molecule has 0 saturated carbocycles. The van der Waals surface area contributed by atoms with Gasteiger partial charge in [0.2, 0.25) is 0 Å². The number of likely N-dealkylation sites (tertiary alicyclic amines) is 1. The van der Waals surface area contributed by atoms with Gasteiger partial charge in [0.05, 0.1) is 19.7 Å². The molecule has 2 rings (SSSR count). The second kappa shape index (κ2) is 7.46. The lowest BCUT2D eigenvalue weighted by Gasteiger charge is -2.21. The van der Waals surface area contributed by atoms with E-state index >= 15 is 0 Å². The van der Waals surface area contributed by atoms with Crippen molar-refractivity contribution in [1.82, 2.24) is 0 Å². The highest BCUT2D eigenvalue weighted by Gasteiger charge is 2.34. The number of ether oxygens (including phenoxy) is 2. The van der Waals surface area contributed by atoms with Crippen molar-refractivity contribution in [2.75, 3.05) is 26.2 Å². The summed E-state index contributed by atoms with van der Waals surface area (Å²) in [6.45, 7) is 9.14. The predicted molar refractivity (Wildman–Crippen MR) is 72.7 cm³/mol. The molecule has 0 aromatic rings. The van der Waals surface area contributed by atoms with E-state index in [4.69, 9.17) is 9.47 Å². The normalized spacial score (nSPS) is 31.0. The number of hydrogen-bond donors (Lipinski definition) is 1. The van der Waals surface area contributed by atoms with E-state index in [0.29, 0.717) is 12.0 Å². The fourth-order valence-electron chi connectivity index (χ4n) is 3.22. The summed E-state index contributed by atoms with van der Waals surface area (Å²) in [6, 6.07) is 0. The van der Waals surface area contributed by atoms with Crippen LogP contribution in [-0.4, -0.2) is 38.6 Å². The number of nitrogens with one attached hydrogen (secondary N) is 1. The zero-order valence-electron chi connectivity index (χ0n) is 12.1. The molecule has 2 aliphatic heterocycles. The first-order valence-electron chi connectivity index (χ1n) is 7.94. The van der Waals surface area contributed by atoms with Crippen LogP contribution in [0.2, 0.25) is 0 Å². The third kappa shape index (κ3) is 3.94. The van der Waals surface area contributed by atoms with Crippen LogP contribution in [0.3, 0.4) is 0 Å². The molecule has 0 radical (unpaired) electrons. The number of quaternary nitrogens is 1. The minimum absolute atomic E-state index is 0.0774. The molecule has 3 atom stereocenters. The smallest absolute Gasteiger partial charge is 0.161 e. The molecule has 2 saturated heterocycles. The molecule has 2 fully saturated rings. The van der Waals surface area contributed by atoms with Crippen molar-refractivity contribution in [3.63, 3.8) is 0 Å². The highest BCUT2D eigenvalue weighted by atomic mass is 16.7. The van der Waals surface area contributed by atoms with E-state index in [2.05, 4.69) is 13.8 Å². The van der Waals surface area contributed by atoms with Crippen molar-refractivity contribution < 1.29 is 14.4 Å². The number of rotatable bonds is 7. The predicted octanol–water partition coefficient (Wildman–Crippen LogP) is 1.62. The minimum Gasteiger partial charge on any atom is -0.349 e. The van der Waals surface area contributed by atoms with Crippen LogP contribution in [0.15, 0.2) is 0 Å². The summed E-state index contributed by atoms with van der Waals surface area (Å²) < 4.78 is 12.0. The Bertz CT molecular complexity index is 229. The van der Waals surface area contributed by atoms with Gasteiger partial charge in [0.15, 0.2) is 6.29 Å². The summed E-state index contributed by atoms with van der Waals surface area (Å²) in [6.07, 6.45) is 8.19. The zero-order chi connectivity index (χ0) is 12.8. The van der Waals surface area contributed by atoms with Gasteiger partial charge in [0.25, 0.3) is 0 Å². The highest BCUT2D eigenvalue weighted by Crippen LogP contribution is 2.25. The van der Waals surface area contributed by atoms with E-state index in [1.807, 2.05) is 0 Å². The van der Waals surface area contributed by atoms with Crippen LogP contribution in [0.4, 0.5) is 0 Å². The third-order valence-electron chi connectivity index (χ3n) is 4.44. The molecule has 0 aliphatic carbocycles. The van der Waals surface area contributed by atoms with Crippen LogP contribution in [0, 0.1) is 5.92 Å². The Hall–Kier alpha value is -0.120. The van der Waals surface area contributed by atoms with Crippen molar-refractivity contribution in [1.29, 1.82) is 0 Å². The molecule has 2 aliphatic rings. The maximum atomic E-state index is 6.13. The van der Waals surface area contributed by atoms with Crippen LogP contribution < -0.4 is 4.90 Å². The van der Waals surface area contributed by atoms with Gasteiger partial charge in [-0.15, -0.1) is 0 Å². The van der Waals surface area contributed by atoms with E-state index in [9.17, 15) is 0 Å². The fraction of sp³-hybridized carbons (Fsp3) is 1.00. The van der Waals surface area contributed by atoms with Crippen LogP contribution in [-0.2, 0) is 9.47 Å². The summed E-state index contributed by atoms with van der Waals surface area (Å²) >= 11 is 0. The molecule has 0 spiro atoms. The molecule has 3 nitrogen and oxygen atoms in total. The molecule has 0 aromatic heterocycles. The molecule has 0 amide bonds. The van der Waals surface area contributed by atoms with Crippen LogP contribution in [0.25, 0.3) is 0 Å². The molecule has 0 aromatic carbocycles. The third-order valence-corrected chi connectivity index (χ3v) is 4.44. The Kier molecular flexibility index (Phi) is 5.93. The molecule has 1 N–H and O–H groups in total. The summed E-state index contributed by atoms with van der Waals surface area (Å²) in [5.74, 6) is 0.600. The van der Waals surface area contributed by atoms with Crippen molar-refractivity contribution in [3.05, 3.63) is 0 Å². The standard InChI is InChI=1S/C15H29NO2/c1-3-5-8-13(4-2)15-17-12-14(18-15)11-16-9-6-7-10-16/h13-15H,3-12H2,1-2H3/p+1/t13-,14+,15+/m1/s1. The van der Waals surface area contributed by atoms with Gasteiger partial charge in [-0.2, -0.15) is 0 Å².